The van der Waals surface area contributed by atoms with Gasteiger partial charge in [0.05, 0.1) is 6.10 Å². The van der Waals surface area contributed by atoms with Crippen molar-refractivity contribution in [2.75, 3.05) is 0 Å². The topological polar surface area (TPSA) is 20.2 Å². The van der Waals surface area contributed by atoms with Crippen molar-refractivity contribution in [1.82, 2.24) is 0 Å². The highest BCUT2D eigenvalue weighted by Crippen LogP contribution is 2.31. The van der Waals surface area contributed by atoms with Gasteiger partial charge in [0, 0.05) is 0 Å². The summed E-state index contributed by atoms with van der Waals surface area (Å²) in [7, 11) is 0. The molecule has 84 valence electrons. The summed E-state index contributed by atoms with van der Waals surface area (Å²) in [6.07, 6.45) is 10.1. The Balaban J connectivity index is 2.31. The van der Waals surface area contributed by atoms with Crippen LogP contribution in [0.3, 0.4) is 0 Å². The Bertz CT molecular complexity index is 144. The summed E-state index contributed by atoms with van der Waals surface area (Å²) in [5, 5.41) is 9.88. The number of aliphatic hydroxyl groups is 1. The van der Waals surface area contributed by atoms with Crippen molar-refractivity contribution >= 4 is 0 Å². The first kappa shape index (κ1) is 12.0. The van der Waals surface area contributed by atoms with Gasteiger partial charge in [-0.15, -0.1) is 0 Å². The molecule has 0 aromatic carbocycles. The predicted octanol–water partition coefficient (Wildman–Crippen LogP) is 3.75. The SMILES string of the molecule is CCCC(CC)CC1CCCCC1O. The monoisotopic (exact) mass is 198 g/mol. The lowest BCUT2D eigenvalue weighted by Crippen LogP contribution is -2.26. The largest absolute Gasteiger partial charge is 0.393 e. The van der Waals surface area contributed by atoms with E-state index in [-0.39, 0.29) is 6.10 Å². The summed E-state index contributed by atoms with van der Waals surface area (Å²) in [6.45, 7) is 4.55. The molecule has 0 saturated heterocycles. The molecule has 1 rings (SSSR count). The smallest absolute Gasteiger partial charge is 0.0568 e. The minimum Gasteiger partial charge on any atom is -0.393 e. The van der Waals surface area contributed by atoms with Gasteiger partial charge in [0.1, 0.15) is 0 Å². The highest BCUT2D eigenvalue weighted by Gasteiger charge is 2.24. The van der Waals surface area contributed by atoms with Crippen molar-refractivity contribution in [2.24, 2.45) is 11.8 Å². The fourth-order valence-electron chi connectivity index (χ4n) is 2.79. The maximum Gasteiger partial charge on any atom is 0.0568 e. The molecule has 3 unspecified atom stereocenters. The lowest BCUT2D eigenvalue weighted by Gasteiger charge is -2.30. The van der Waals surface area contributed by atoms with E-state index in [1.54, 1.807) is 0 Å². The fourth-order valence-corrected chi connectivity index (χ4v) is 2.79. The van der Waals surface area contributed by atoms with Crippen molar-refractivity contribution in [3.63, 3.8) is 0 Å². The average molecular weight is 198 g/mol. The highest BCUT2D eigenvalue weighted by atomic mass is 16.3. The van der Waals surface area contributed by atoms with Crippen LogP contribution < -0.4 is 0 Å². The quantitative estimate of drug-likeness (QED) is 0.713. The molecule has 1 aliphatic carbocycles. The van der Waals surface area contributed by atoms with Crippen LogP contribution in [0.1, 0.15) is 65.2 Å². The molecular formula is C13H26O. The minimum absolute atomic E-state index is 0.00894. The molecule has 1 aliphatic rings. The molecule has 14 heavy (non-hydrogen) atoms. The fraction of sp³-hybridized carbons (Fsp3) is 1.00. The van der Waals surface area contributed by atoms with Gasteiger partial charge < -0.3 is 5.11 Å². The van der Waals surface area contributed by atoms with Crippen LogP contribution >= 0.6 is 0 Å². The van der Waals surface area contributed by atoms with E-state index in [1.165, 1.54) is 44.9 Å². The van der Waals surface area contributed by atoms with Gasteiger partial charge in [0.25, 0.3) is 0 Å². The molecule has 0 radical (unpaired) electrons. The van der Waals surface area contributed by atoms with Gasteiger partial charge >= 0.3 is 0 Å². The Morgan fingerprint density at radius 3 is 2.50 bits per heavy atom. The zero-order chi connectivity index (χ0) is 10.4. The molecule has 1 N–H and O–H groups in total. The van der Waals surface area contributed by atoms with Gasteiger partial charge in [-0.2, -0.15) is 0 Å². The number of rotatable bonds is 5. The summed E-state index contributed by atoms with van der Waals surface area (Å²) >= 11 is 0. The minimum atomic E-state index is 0.00894. The van der Waals surface area contributed by atoms with Crippen LogP contribution in [0.15, 0.2) is 0 Å². The number of aliphatic hydroxyl groups excluding tert-OH is 1. The first-order valence-corrected chi connectivity index (χ1v) is 6.46. The van der Waals surface area contributed by atoms with E-state index in [0.717, 1.165) is 12.3 Å². The average Bonchev–Trinajstić information content (AvgIpc) is 2.20. The molecule has 0 spiro atoms. The predicted molar refractivity (Wildman–Crippen MR) is 61.3 cm³/mol. The maximum atomic E-state index is 9.88. The second-order valence-electron chi connectivity index (χ2n) is 4.91. The molecule has 0 heterocycles. The van der Waals surface area contributed by atoms with Crippen LogP contribution in [-0.4, -0.2) is 11.2 Å². The second kappa shape index (κ2) is 6.44. The van der Waals surface area contributed by atoms with Crippen LogP contribution in [0, 0.1) is 11.8 Å². The lowest BCUT2D eigenvalue weighted by atomic mass is 9.79. The van der Waals surface area contributed by atoms with E-state index in [2.05, 4.69) is 13.8 Å². The molecular weight excluding hydrogens is 172 g/mol. The van der Waals surface area contributed by atoms with E-state index in [0.29, 0.717) is 5.92 Å². The number of hydrogen-bond acceptors (Lipinski definition) is 1. The molecule has 0 aromatic heterocycles. The molecule has 0 bridgehead atoms. The van der Waals surface area contributed by atoms with E-state index in [4.69, 9.17) is 0 Å². The third kappa shape index (κ3) is 3.61. The normalized spacial score (nSPS) is 30.2. The van der Waals surface area contributed by atoms with Crippen molar-refractivity contribution in [2.45, 2.75) is 71.3 Å². The summed E-state index contributed by atoms with van der Waals surface area (Å²) < 4.78 is 0. The molecule has 1 fully saturated rings. The summed E-state index contributed by atoms with van der Waals surface area (Å²) in [6, 6.07) is 0. The van der Waals surface area contributed by atoms with E-state index in [9.17, 15) is 5.11 Å². The van der Waals surface area contributed by atoms with Gasteiger partial charge in [-0.3, -0.25) is 0 Å². The highest BCUT2D eigenvalue weighted by molar-refractivity contribution is 4.76. The maximum absolute atomic E-state index is 9.88. The van der Waals surface area contributed by atoms with Gasteiger partial charge in [-0.1, -0.05) is 46.0 Å². The van der Waals surface area contributed by atoms with Crippen LogP contribution in [0.5, 0.6) is 0 Å². The van der Waals surface area contributed by atoms with Crippen molar-refractivity contribution in [1.29, 1.82) is 0 Å². The zero-order valence-corrected chi connectivity index (χ0v) is 9.84. The molecule has 0 aliphatic heterocycles. The molecule has 3 atom stereocenters. The Morgan fingerprint density at radius 2 is 1.93 bits per heavy atom. The van der Waals surface area contributed by atoms with Crippen LogP contribution in [0.25, 0.3) is 0 Å². The van der Waals surface area contributed by atoms with Gasteiger partial charge in [0.2, 0.25) is 0 Å². The third-order valence-electron chi connectivity index (χ3n) is 3.78. The molecule has 0 amide bonds. The van der Waals surface area contributed by atoms with Gasteiger partial charge in [-0.25, -0.2) is 0 Å². The molecule has 0 aromatic rings. The van der Waals surface area contributed by atoms with Crippen molar-refractivity contribution in [3.05, 3.63) is 0 Å². The lowest BCUT2D eigenvalue weighted by molar-refractivity contribution is 0.0547. The van der Waals surface area contributed by atoms with Crippen molar-refractivity contribution in [3.8, 4) is 0 Å². The zero-order valence-electron chi connectivity index (χ0n) is 9.84. The standard InChI is InChI=1S/C13H26O/c1-3-7-11(4-2)10-12-8-5-6-9-13(12)14/h11-14H,3-10H2,1-2H3. The Hall–Kier alpha value is -0.0400. The number of hydrogen-bond donors (Lipinski definition) is 1. The van der Waals surface area contributed by atoms with E-state index >= 15 is 0 Å². The Morgan fingerprint density at radius 1 is 1.21 bits per heavy atom. The van der Waals surface area contributed by atoms with Crippen LogP contribution in [-0.2, 0) is 0 Å². The van der Waals surface area contributed by atoms with Gasteiger partial charge in [0.15, 0.2) is 0 Å². The van der Waals surface area contributed by atoms with Crippen molar-refractivity contribution < 1.29 is 5.11 Å². The Kier molecular flexibility index (Phi) is 5.54. The molecule has 1 saturated carbocycles. The van der Waals surface area contributed by atoms with Crippen LogP contribution in [0.4, 0.5) is 0 Å². The first-order valence-electron chi connectivity index (χ1n) is 6.46. The summed E-state index contributed by atoms with van der Waals surface area (Å²) in [5.41, 5.74) is 0. The van der Waals surface area contributed by atoms with Crippen LogP contribution in [0.2, 0.25) is 0 Å². The second-order valence-corrected chi connectivity index (χ2v) is 4.91. The van der Waals surface area contributed by atoms with E-state index in [1.807, 2.05) is 0 Å². The molecule has 1 nitrogen and oxygen atoms in total. The summed E-state index contributed by atoms with van der Waals surface area (Å²) in [4.78, 5) is 0. The molecule has 1 heteroatoms. The summed E-state index contributed by atoms with van der Waals surface area (Å²) in [5.74, 6) is 1.47. The Labute approximate surface area is 88.9 Å². The third-order valence-corrected chi connectivity index (χ3v) is 3.78. The first-order chi connectivity index (χ1) is 6.77. The van der Waals surface area contributed by atoms with E-state index < -0.39 is 0 Å². The van der Waals surface area contributed by atoms with Gasteiger partial charge in [-0.05, 0) is 31.1 Å².